The quantitative estimate of drug-likeness (QED) is 0.693. The summed E-state index contributed by atoms with van der Waals surface area (Å²) in [6.07, 6.45) is 0. The number of methoxy groups -OCH3 is 1. The Bertz CT molecular complexity index is 609. The Labute approximate surface area is 143 Å². The van der Waals surface area contributed by atoms with Gasteiger partial charge >= 0.3 is 0 Å². The van der Waals surface area contributed by atoms with Crippen molar-refractivity contribution in [2.24, 2.45) is 0 Å². The van der Waals surface area contributed by atoms with Crippen LogP contribution in [0, 0.1) is 0 Å². The van der Waals surface area contributed by atoms with E-state index in [1.165, 1.54) is 10.5 Å². The van der Waals surface area contributed by atoms with Crippen molar-refractivity contribution in [1.29, 1.82) is 0 Å². The Morgan fingerprint density at radius 1 is 1.29 bits per heavy atom. The lowest BCUT2D eigenvalue weighted by molar-refractivity contribution is 0.414. The highest BCUT2D eigenvalue weighted by atomic mass is 79.9. The average molecular weight is 387 g/mol. The van der Waals surface area contributed by atoms with Gasteiger partial charge in [0.25, 0.3) is 0 Å². The molecule has 2 aromatic carbocycles. The molecule has 2 rings (SSSR count). The van der Waals surface area contributed by atoms with Gasteiger partial charge in [-0.05, 0) is 42.9 Å². The summed E-state index contributed by atoms with van der Waals surface area (Å²) in [5, 5.41) is 3.98. The average Bonchev–Trinajstić information content (AvgIpc) is 2.49. The van der Waals surface area contributed by atoms with Crippen LogP contribution in [-0.2, 0) is 0 Å². The predicted molar refractivity (Wildman–Crippen MR) is 94.7 cm³/mol. The van der Waals surface area contributed by atoms with Gasteiger partial charge in [-0.15, -0.1) is 11.8 Å². The van der Waals surface area contributed by atoms with E-state index < -0.39 is 0 Å². The number of benzene rings is 2. The zero-order valence-corrected chi connectivity index (χ0v) is 15.1. The third-order valence-electron chi connectivity index (χ3n) is 3.14. The summed E-state index contributed by atoms with van der Waals surface area (Å²) in [6, 6.07) is 14.5. The Morgan fingerprint density at radius 3 is 2.76 bits per heavy atom. The minimum absolute atomic E-state index is 0.236. The number of thioether (sulfide) groups is 1. The van der Waals surface area contributed by atoms with Crippen molar-refractivity contribution in [2.45, 2.75) is 10.9 Å². The molecular weight excluding hydrogens is 370 g/mol. The number of ether oxygens (including phenoxy) is 1. The molecule has 112 valence electrons. The van der Waals surface area contributed by atoms with E-state index in [0.717, 1.165) is 10.2 Å². The fourth-order valence-corrected chi connectivity index (χ4v) is 3.82. The van der Waals surface area contributed by atoms with Crippen LogP contribution in [0.3, 0.4) is 0 Å². The SMILES string of the molecule is CNC(CSc1cccc(Br)c1)c1ccc(Cl)c(OC)c1. The molecule has 0 heterocycles. The maximum Gasteiger partial charge on any atom is 0.137 e. The lowest BCUT2D eigenvalue weighted by atomic mass is 10.1. The van der Waals surface area contributed by atoms with Crippen molar-refractivity contribution in [1.82, 2.24) is 5.32 Å². The largest absolute Gasteiger partial charge is 0.495 e. The van der Waals surface area contributed by atoms with Crippen molar-refractivity contribution in [3.8, 4) is 5.75 Å². The topological polar surface area (TPSA) is 21.3 Å². The van der Waals surface area contributed by atoms with E-state index in [4.69, 9.17) is 16.3 Å². The fourth-order valence-electron chi connectivity index (χ4n) is 1.98. The van der Waals surface area contributed by atoms with Gasteiger partial charge in [-0.1, -0.05) is 39.7 Å². The van der Waals surface area contributed by atoms with Gasteiger partial charge in [-0.2, -0.15) is 0 Å². The molecule has 2 aromatic rings. The first-order valence-electron chi connectivity index (χ1n) is 6.53. The van der Waals surface area contributed by atoms with Crippen LogP contribution in [0.1, 0.15) is 11.6 Å². The zero-order chi connectivity index (χ0) is 15.2. The summed E-state index contributed by atoms with van der Waals surface area (Å²) in [7, 11) is 3.60. The molecule has 0 fully saturated rings. The summed E-state index contributed by atoms with van der Waals surface area (Å²) >= 11 is 11.4. The summed E-state index contributed by atoms with van der Waals surface area (Å²) in [5.74, 6) is 1.64. The molecule has 0 aliphatic heterocycles. The van der Waals surface area contributed by atoms with Crippen LogP contribution >= 0.6 is 39.3 Å². The van der Waals surface area contributed by atoms with Crippen LogP contribution in [0.15, 0.2) is 51.8 Å². The summed E-state index contributed by atoms with van der Waals surface area (Å²) in [5.41, 5.74) is 1.17. The Hall–Kier alpha value is -0.680. The summed E-state index contributed by atoms with van der Waals surface area (Å²) < 4.78 is 6.38. The minimum Gasteiger partial charge on any atom is -0.495 e. The fraction of sp³-hybridized carbons (Fsp3) is 0.250. The van der Waals surface area contributed by atoms with Crippen molar-refractivity contribution < 1.29 is 4.74 Å². The lowest BCUT2D eigenvalue weighted by Gasteiger charge is -2.17. The molecule has 0 aliphatic carbocycles. The van der Waals surface area contributed by atoms with E-state index in [9.17, 15) is 0 Å². The van der Waals surface area contributed by atoms with Gasteiger partial charge in [0, 0.05) is 21.2 Å². The second-order valence-corrected chi connectivity index (χ2v) is 6.92. The molecule has 1 N–H and O–H groups in total. The van der Waals surface area contributed by atoms with Crippen LogP contribution in [0.4, 0.5) is 0 Å². The number of nitrogens with one attached hydrogen (secondary N) is 1. The molecule has 1 atom stereocenters. The minimum atomic E-state index is 0.236. The Morgan fingerprint density at radius 2 is 2.10 bits per heavy atom. The van der Waals surface area contributed by atoms with E-state index in [1.54, 1.807) is 7.11 Å². The molecule has 2 nitrogen and oxygen atoms in total. The molecule has 5 heteroatoms. The number of rotatable bonds is 6. The molecule has 0 aromatic heterocycles. The van der Waals surface area contributed by atoms with E-state index in [2.05, 4.69) is 33.4 Å². The molecule has 0 saturated heterocycles. The lowest BCUT2D eigenvalue weighted by Crippen LogP contribution is -2.18. The van der Waals surface area contributed by atoms with Crippen LogP contribution in [0.2, 0.25) is 5.02 Å². The van der Waals surface area contributed by atoms with Gasteiger partial charge in [0.1, 0.15) is 5.75 Å². The third kappa shape index (κ3) is 4.65. The van der Waals surface area contributed by atoms with Gasteiger partial charge in [0.2, 0.25) is 0 Å². The predicted octanol–water partition coefficient (Wildman–Crippen LogP) is 5.16. The second-order valence-electron chi connectivity index (χ2n) is 4.50. The Balaban J connectivity index is 2.09. The van der Waals surface area contributed by atoms with Gasteiger partial charge in [0.05, 0.1) is 12.1 Å². The first-order chi connectivity index (χ1) is 10.1. The molecule has 1 unspecified atom stereocenters. The first-order valence-corrected chi connectivity index (χ1v) is 8.68. The molecule has 0 saturated carbocycles. The smallest absolute Gasteiger partial charge is 0.137 e. The van der Waals surface area contributed by atoms with E-state index in [1.807, 2.05) is 49.1 Å². The van der Waals surface area contributed by atoms with Crippen LogP contribution in [-0.4, -0.2) is 19.9 Å². The molecule has 0 radical (unpaired) electrons. The second kappa shape index (κ2) is 8.08. The summed E-state index contributed by atoms with van der Waals surface area (Å²) in [4.78, 5) is 1.24. The number of hydrogen-bond acceptors (Lipinski definition) is 3. The third-order valence-corrected chi connectivity index (χ3v) is 5.03. The normalized spacial score (nSPS) is 12.2. The molecule has 0 amide bonds. The highest BCUT2D eigenvalue weighted by Gasteiger charge is 2.12. The van der Waals surface area contributed by atoms with Crippen LogP contribution in [0.5, 0.6) is 5.75 Å². The Kier molecular flexibility index (Phi) is 6.42. The molecule has 21 heavy (non-hydrogen) atoms. The van der Waals surface area contributed by atoms with Gasteiger partial charge in [-0.3, -0.25) is 0 Å². The van der Waals surface area contributed by atoms with E-state index in [0.29, 0.717) is 10.8 Å². The highest BCUT2D eigenvalue weighted by molar-refractivity contribution is 9.10. The van der Waals surface area contributed by atoms with Crippen LogP contribution < -0.4 is 10.1 Å². The number of hydrogen-bond donors (Lipinski definition) is 1. The molecule has 0 spiro atoms. The zero-order valence-electron chi connectivity index (χ0n) is 11.9. The highest BCUT2D eigenvalue weighted by Crippen LogP contribution is 2.31. The molecule has 0 bridgehead atoms. The summed E-state index contributed by atoms with van der Waals surface area (Å²) in [6.45, 7) is 0. The van der Waals surface area contributed by atoms with Crippen LogP contribution in [0.25, 0.3) is 0 Å². The van der Waals surface area contributed by atoms with E-state index >= 15 is 0 Å². The number of halogens is 2. The van der Waals surface area contributed by atoms with Gasteiger partial charge < -0.3 is 10.1 Å². The van der Waals surface area contributed by atoms with Gasteiger partial charge in [-0.25, -0.2) is 0 Å². The first kappa shape index (κ1) is 16.7. The maximum absolute atomic E-state index is 6.08. The molecule has 0 aliphatic rings. The molecular formula is C16H17BrClNOS. The van der Waals surface area contributed by atoms with E-state index in [-0.39, 0.29) is 6.04 Å². The van der Waals surface area contributed by atoms with Crippen molar-refractivity contribution in [3.63, 3.8) is 0 Å². The van der Waals surface area contributed by atoms with Crippen molar-refractivity contribution in [2.75, 3.05) is 19.9 Å². The maximum atomic E-state index is 6.08. The monoisotopic (exact) mass is 385 g/mol. The standard InChI is InChI=1S/C16H17BrClNOS/c1-19-15(10-21-13-5-3-4-12(17)9-13)11-6-7-14(18)16(8-11)20-2/h3-9,15,19H,10H2,1-2H3. The van der Waals surface area contributed by atoms with Crippen molar-refractivity contribution in [3.05, 3.63) is 57.5 Å². The van der Waals surface area contributed by atoms with Gasteiger partial charge in [0.15, 0.2) is 0 Å². The van der Waals surface area contributed by atoms with Crippen molar-refractivity contribution >= 4 is 39.3 Å².